The molecule has 1 saturated heterocycles. The topological polar surface area (TPSA) is 92.7 Å². The van der Waals surface area contributed by atoms with Crippen molar-refractivity contribution in [3.05, 3.63) is 34.2 Å². The summed E-state index contributed by atoms with van der Waals surface area (Å²) >= 11 is 0. The van der Waals surface area contributed by atoms with Crippen molar-refractivity contribution in [3.8, 4) is 0 Å². The van der Waals surface area contributed by atoms with E-state index in [9.17, 15) is 14.4 Å². The highest BCUT2D eigenvalue weighted by Crippen LogP contribution is 2.40. The summed E-state index contributed by atoms with van der Waals surface area (Å²) in [7, 11) is 1.57. The van der Waals surface area contributed by atoms with Crippen molar-refractivity contribution >= 4 is 11.8 Å². The highest BCUT2D eigenvalue weighted by Gasteiger charge is 2.40. The molecule has 0 spiro atoms. The molecular weight excluding hydrogens is 360 g/mol. The number of amides is 2. The van der Waals surface area contributed by atoms with Gasteiger partial charge in [-0.15, -0.1) is 0 Å². The quantitative estimate of drug-likeness (QED) is 0.657. The van der Waals surface area contributed by atoms with E-state index < -0.39 is 0 Å². The van der Waals surface area contributed by atoms with Crippen molar-refractivity contribution < 1.29 is 14.3 Å². The molecule has 28 heavy (non-hydrogen) atoms. The third-order valence-electron chi connectivity index (χ3n) is 5.66. The Kier molecular flexibility index (Phi) is 6.85. The Morgan fingerprint density at radius 3 is 2.79 bits per heavy atom. The van der Waals surface area contributed by atoms with Crippen LogP contribution < -0.4 is 16.2 Å². The fraction of sp³-hybridized carbons (Fsp3) is 0.650. The first kappa shape index (κ1) is 20.5. The molecule has 0 aromatic carbocycles. The van der Waals surface area contributed by atoms with Crippen molar-refractivity contribution in [2.24, 2.45) is 5.92 Å². The van der Waals surface area contributed by atoms with Crippen molar-refractivity contribution in [2.45, 2.75) is 31.7 Å². The van der Waals surface area contributed by atoms with Gasteiger partial charge in [-0.05, 0) is 25.3 Å². The second-order valence-corrected chi connectivity index (χ2v) is 7.61. The molecule has 2 amide bonds. The molecule has 0 radical (unpaired) electrons. The molecule has 0 saturated carbocycles. The van der Waals surface area contributed by atoms with E-state index in [1.807, 2.05) is 17.6 Å². The smallest absolute Gasteiger partial charge is 0.251 e. The maximum absolute atomic E-state index is 12.6. The maximum atomic E-state index is 12.6. The molecule has 8 heteroatoms. The molecule has 2 N–H and O–H groups in total. The van der Waals surface area contributed by atoms with E-state index in [2.05, 4.69) is 15.5 Å². The standard InChI is InChI=1S/C20H30N4O4/c1-3-21-19(26)13-23-11-14-9-15(12-23)17(10-22-18(25)7-8-28-2)24-16(14)5-4-6-20(24)27/h4-6,14-15,17H,3,7-13H2,1-2H3,(H,21,26)(H,22,25)/t14-,15+,17+/m1/s1. The van der Waals surface area contributed by atoms with E-state index in [-0.39, 0.29) is 35.3 Å². The predicted octanol–water partition coefficient (Wildman–Crippen LogP) is 0.0973. The van der Waals surface area contributed by atoms with E-state index in [4.69, 9.17) is 4.74 Å². The number of methoxy groups -OCH3 is 1. The maximum Gasteiger partial charge on any atom is 0.251 e. The average Bonchev–Trinajstić information content (AvgIpc) is 2.66. The molecule has 8 nitrogen and oxygen atoms in total. The summed E-state index contributed by atoms with van der Waals surface area (Å²) in [6.45, 7) is 5.19. The Labute approximate surface area is 165 Å². The van der Waals surface area contributed by atoms with Crippen molar-refractivity contribution in [2.75, 3.05) is 46.4 Å². The molecule has 1 aromatic heterocycles. The number of aromatic nitrogens is 1. The SMILES string of the molecule is CCNC(=O)CN1C[C@H]2C[C@@H](C1)[C@H](CNC(=O)CCOC)n1c2cccc1=O. The Bertz CT molecular complexity index is 763. The van der Waals surface area contributed by atoms with Gasteiger partial charge in [-0.3, -0.25) is 19.3 Å². The first-order valence-corrected chi connectivity index (χ1v) is 9.99. The van der Waals surface area contributed by atoms with Gasteiger partial charge in [0.1, 0.15) is 0 Å². The largest absolute Gasteiger partial charge is 0.384 e. The number of carbonyl (C=O) groups is 2. The molecular formula is C20H30N4O4. The summed E-state index contributed by atoms with van der Waals surface area (Å²) in [6, 6.07) is 5.27. The minimum absolute atomic E-state index is 0.0253. The van der Waals surface area contributed by atoms with Crippen LogP contribution in [-0.2, 0) is 14.3 Å². The molecule has 3 rings (SSSR count). The molecule has 0 unspecified atom stereocenters. The van der Waals surface area contributed by atoms with Crippen LogP contribution in [0.15, 0.2) is 23.0 Å². The normalized spacial score (nSPS) is 23.7. The molecule has 1 fully saturated rings. The van der Waals surface area contributed by atoms with E-state index in [0.717, 1.165) is 25.2 Å². The lowest BCUT2D eigenvalue weighted by atomic mass is 9.78. The molecule has 2 bridgehead atoms. The molecule has 3 atom stereocenters. The van der Waals surface area contributed by atoms with Gasteiger partial charge in [-0.2, -0.15) is 0 Å². The van der Waals surface area contributed by atoms with Crippen LogP contribution in [-0.4, -0.2) is 67.7 Å². The van der Waals surface area contributed by atoms with Crippen molar-refractivity contribution in [3.63, 3.8) is 0 Å². The van der Waals surface area contributed by atoms with Crippen LogP contribution >= 0.6 is 0 Å². The van der Waals surface area contributed by atoms with Crippen LogP contribution in [0, 0.1) is 5.92 Å². The lowest BCUT2D eigenvalue weighted by Gasteiger charge is -2.46. The summed E-state index contributed by atoms with van der Waals surface area (Å²) in [5.74, 6) is 0.382. The zero-order chi connectivity index (χ0) is 20.1. The van der Waals surface area contributed by atoms with Crippen molar-refractivity contribution in [1.29, 1.82) is 0 Å². The number of carbonyl (C=O) groups excluding carboxylic acids is 2. The zero-order valence-corrected chi connectivity index (χ0v) is 16.6. The van der Waals surface area contributed by atoms with Crippen LogP contribution in [0.25, 0.3) is 0 Å². The van der Waals surface area contributed by atoms with Gasteiger partial charge in [0.05, 0.1) is 19.2 Å². The zero-order valence-electron chi connectivity index (χ0n) is 16.6. The first-order valence-electron chi connectivity index (χ1n) is 9.99. The highest BCUT2D eigenvalue weighted by molar-refractivity contribution is 5.78. The highest BCUT2D eigenvalue weighted by atomic mass is 16.5. The van der Waals surface area contributed by atoms with Gasteiger partial charge in [0.25, 0.3) is 5.56 Å². The van der Waals surface area contributed by atoms with Gasteiger partial charge in [0.2, 0.25) is 11.8 Å². The number of hydrogen-bond donors (Lipinski definition) is 2. The number of hydrogen-bond acceptors (Lipinski definition) is 5. The Morgan fingerprint density at radius 2 is 2.04 bits per heavy atom. The van der Waals surface area contributed by atoms with E-state index in [0.29, 0.717) is 32.7 Å². The minimum atomic E-state index is -0.108. The average molecular weight is 390 g/mol. The summed E-state index contributed by atoms with van der Waals surface area (Å²) in [5.41, 5.74) is 0.973. The minimum Gasteiger partial charge on any atom is -0.384 e. The van der Waals surface area contributed by atoms with Crippen LogP contribution in [0.2, 0.25) is 0 Å². The number of rotatable bonds is 8. The van der Waals surface area contributed by atoms with E-state index in [1.54, 1.807) is 19.2 Å². The second-order valence-electron chi connectivity index (χ2n) is 7.61. The number of ether oxygens (including phenoxy) is 1. The van der Waals surface area contributed by atoms with Gasteiger partial charge in [0, 0.05) is 57.4 Å². The summed E-state index contributed by atoms with van der Waals surface area (Å²) in [5, 5.41) is 5.81. The van der Waals surface area contributed by atoms with Gasteiger partial charge in [0.15, 0.2) is 0 Å². The first-order chi connectivity index (χ1) is 13.5. The second kappa shape index (κ2) is 9.34. The third-order valence-corrected chi connectivity index (χ3v) is 5.66. The Morgan fingerprint density at radius 1 is 1.21 bits per heavy atom. The van der Waals surface area contributed by atoms with Crippen LogP contribution in [0.5, 0.6) is 0 Å². The summed E-state index contributed by atoms with van der Waals surface area (Å²) < 4.78 is 6.82. The van der Waals surface area contributed by atoms with Gasteiger partial charge in [-0.1, -0.05) is 6.07 Å². The Hall–Kier alpha value is -2.19. The number of likely N-dealkylation sites (tertiary alicyclic amines) is 1. The van der Waals surface area contributed by atoms with Crippen LogP contribution in [0.3, 0.4) is 0 Å². The van der Waals surface area contributed by atoms with Crippen molar-refractivity contribution in [1.82, 2.24) is 20.1 Å². The Balaban J connectivity index is 1.78. The molecule has 2 aliphatic heterocycles. The molecule has 154 valence electrons. The van der Waals surface area contributed by atoms with E-state index >= 15 is 0 Å². The summed E-state index contributed by atoms with van der Waals surface area (Å²) in [6.07, 6.45) is 1.27. The van der Waals surface area contributed by atoms with Gasteiger partial charge in [-0.25, -0.2) is 0 Å². The third kappa shape index (κ3) is 4.62. The van der Waals surface area contributed by atoms with Gasteiger partial charge < -0.3 is 19.9 Å². The fourth-order valence-corrected chi connectivity index (χ4v) is 4.49. The predicted molar refractivity (Wildman–Crippen MR) is 105 cm³/mol. The number of likely N-dealkylation sites (N-methyl/N-ethyl adjacent to an activating group) is 1. The summed E-state index contributed by atoms with van der Waals surface area (Å²) in [4.78, 5) is 38.9. The molecule has 0 aliphatic carbocycles. The van der Waals surface area contributed by atoms with E-state index in [1.165, 1.54) is 0 Å². The number of nitrogens with one attached hydrogen (secondary N) is 2. The number of fused-ring (bicyclic) bond motifs is 4. The number of pyridine rings is 1. The lowest BCUT2D eigenvalue weighted by Crippen LogP contribution is -2.53. The van der Waals surface area contributed by atoms with Crippen LogP contribution in [0.4, 0.5) is 0 Å². The fourth-order valence-electron chi connectivity index (χ4n) is 4.49. The van der Waals surface area contributed by atoms with Crippen LogP contribution in [0.1, 0.15) is 37.4 Å². The molecule has 2 aliphatic rings. The van der Waals surface area contributed by atoms with Gasteiger partial charge >= 0.3 is 0 Å². The molecule has 3 heterocycles. The monoisotopic (exact) mass is 390 g/mol. The molecule has 1 aromatic rings. The number of piperidine rings is 1. The lowest BCUT2D eigenvalue weighted by molar-refractivity contribution is -0.123. The number of nitrogens with zero attached hydrogens (tertiary/aromatic N) is 2.